The molecule has 2 aliphatic heterocycles. The third-order valence-electron chi connectivity index (χ3n) is 4.04. The van der Waals surface area contributed by atoms with Crippen molar-refractivity contribution in [1.29, 1.82) is 0 Å². The Labute approximate surface area is 147 Å². The van der Waals surface area contributed by atoms with Crippen molar-refractivity contribution < 1.29 is 34.1 Å². The van der Waals surface area contributed by atoms with Crippen molar-refractivity contribution in [2.75, 3.05) is 19.7 Å². The predicted molar refractivity (Wildman–Crippen MR) is 88.2 cm³/mol. The van der Waals surface area contributed by atoms with Gasteiger partial charge in [-0.2, -0.15) is 0 Å². The highest BCUT2D eigenvalue weighted by Gasteiger charge is 2.40. The number of aliphatic carboxylic acids is 2. The first-order valence-electron chi connectivity index (χ1n) is 8.28. The van der Waals surface area contributed by atoms with E-state index in [2.05, 4.69) is 0 Å². The molecule has 9 heteroatoms. The van der Waals surface area contributed by atoms with E-state index in [9.17, 15) is 4.79 Å². The van der Waals surface area contributed by atoms with Gasteiger partial charge in [-0.25, -0.2) is 14.4 Å². The molecule has 2 aliphatic rings. The maximum absolute atomic E-state index is 12.0. The number of piperidine rings is 1. The smallest absolute Gasteiger partial charge is 0.414 e. The van der Waals surface area contributed by atoms with Crippen molar-refractivity contribution in [2.45, 2.75) is 63.7 Å². The summed E-state index contributed by atoms with van der Waals surface area (Å²) in [6, 6.07) is 0.238. The number of amides is 1. The molecule has 0 bridgehead atoms. The Hall–Kier alpha value is -1.87. The van der Waals surface area contributed by atoms with Crippen LogP contribution in [0.1, 0.15) is 46.5 Å². The van der Waals surface area contributed by atoms with Gasteiger partial charge in [0.05, 0.1) is 5.60 Å². The Morgan fingerprint density at radius 3 is 2.08 bits per heavy atom. The molecule has 144 valence electrons. The van der Waals surface area contributed by atoms with Gasteiger partial charge in [0.25, 0.3) is 0 Å². The van der Waals surface area contributed by atoms with E-state index < -0.39 is 17.5 Å². The summed E-state index contributed by atoms with van der Waals surface area (Å²) in [4.78, 5) is 32.0. The number of carboxylic acids is 2. The van der Waals surface area contributed by atoms with Gasteiger partial charge in [-0.1, -0.05) is 0 Å². The molecular weight excluding hydrogens is 332 g/mol. The minimum absolute atomic E-state index is 0.101. The summed E-state index contributed by atoms with van der Waals surface area (Å²) in [6.07, 6.45) is 3.36. The number of nitrogens with two attached hydrogens (primary N) is 1. The average Bonchev–Trinajstić information content (AvgIpc) is 2.46. The van der Waals surface area contributed by atoms with Crippen LogP contribution in [-0.2, 0) is 19.1 Å². The number of likely N-dealkylation sites (tertiary alicyclic amines) is 1. The quantitative estimate of drug-likeness (QED) is 0.545. The average molecular weight is 360 g/mol. The molecule has 1 spiro atoms. The minimum Gasteiger partial charge on any atom is -0.473 e. The van der Waals surface area contributed by atoms with Crippen molar-refractivity contribution in [2.24, 2.45) is 5.73 Å². The van der Waals surface area contributed by atoms with Crippen LogP contribution in [0, 0.1) is 0 Å². The van der Waals surface area contributed by atoms with Gasteiger partial charge in [0.2, 0.25) is 0 Å². The van der Waals surface area contributed by atoms with Crippen LogP contribution in [0.4, 0.5) is 4.79 Å². The third kappa shape index (κ3) is 7.27. The Kier molecular flexibility index (Phi) is 7.18. The lowest BCUT2D eigenvalue weighted by molar-refractivity contribution is -0.159. The lowest BCUT2D eigenvalue weighted by Gasteiger charge is -2.45. The zero-order valence-electron chi connectivity index (χ0n) is 15.0. The molecule has 25 heavy (non-hydrogen) atoms. The lowest BCUT2D eigenvalue weighted by Crippen LogP contribution is -2.53. The van der Waals surface area contributed by atoms with Gasteiger partial charge in [-0.15, -0.1) is 0 Å². The number of hydrogen-bond donors (Lipinski definition) is 3. The van der Waals surface area contributed by atoms with Crippen LogP contribution in [0.5, 0.6) is 0 Å². The van der Waals surface area contributed by atoms with Gasteiger partial charge < -0.3 is 30.3 Å². The SMILES string of the molecule is CC(C)(C)OC(=O)N1CCC2(CC1)CC(N)CCO2.O=C(O)C(=O)O. The maximum Gasteiger partial charge on any atom is 0.414 e. The van der Waals surface area contributed by atoms with E-state index in [4.69, 9.17) is 35.0 Å². The van der Waals surface area contributed by atoms with Crippen molar-refractivity contribution in [3.8, 4) is 0 Å². The molecule has 2 saturated heterocycles. The molecule has 1 atom stereocenters. The number of carbonyl (C=O) groups excluding carboxylic acids is 1. The minimum atomic E-state index is -1.82. The second-order valence-electron chi connectivity index (χ2n) is 7.36. The van der Waals surface area contributed by atoms with Gasteiger partial charge in [-0.05, 0) is 46.5 Å². The molecule has 0 radical (unpaired) electrons. The second-order valence-corrected chi connectivity index (χ2v) is 7.36. The van der Waals surface area contributed by atoms with E-state index in [1.165, 1.54) is 0 Å². The lowest BCUT2D eigenvalue weighted by atomic mass is 9.83. The van der Waals surface area contributed by atoms with Gasteiger partial charge in [0.1, 0.15) is 5.60 Å². The molecule has 1 unspecified atom stereocenters. The van der Waals surface area contributed by atoms with Crippen LogP contribution >= 0.6 is 0 Å². The van der Waals surface area contributed by atoms with Gasteiger partial charge in [-0.3, -0.25) is 0 Å². The highest BCUT2D eigenvalue weighted by molar-refractivity contribution is 6.27. The monoisotopic (exact) mass is 360 g/mol. The fourth-order valence-corrected chi connectivity index (χ4v) is 2.84. The van der Waals surface area contributed by atoms with E-state index in [1.54, 1.807) is 4.90 Å². The molecule has 1 amide bonds. The number of nitrogens with zero attached hydrogens (tertiary/aromatic N) is 1. The normalized spacial score (nSPS) is 22.6. The summed E-state index contributed by atoms with van der Waals surface area (Å²) in [5, 5.41) is 14.8. The maximum atomic E-state index is 12.0. The molecule has 0 aromatic heterocycles. The number of carbonyl (C=O) groups is 3. The van der Waals surface area contributed by atoms with E-state index >= 15 is 0 Å². The highest BCUT2D eigenvalue weighted by atomic mass is 16.6. The van der Waals surface area contributed by atoms with E-state index in [0.717, 1.165) is 32.3 Å². The summed E-state index contributed by atoms with van der Waals surface area (Å²) in [5.41, 5.74) is 5.50. The summed E-state index contributed by atoms with van der Waals surface area (Å²) >= 11 is 0. The van der Waals surface area contributed by atoms with Crippen LogP contribution in [0.25, 0.3) is 0 Å². The first-order valence-corrected chi connectivity index (χ1v) is 8.28. The summed E-state index contributed by atoms with van der Waals surface area (Å²) in [6.45, 7) is 7.80. The first kappa shape index (κ1) is 21.2. The molecule has 9 nitrogen and oxygen atoms in total. The summed E-state index contributed by atoms with van der Waals surface area (Å²) in [5.74, 6) is -3.65. The largest absolute Gasteiger partial charge is 0.473 e. The van der Waals surface area contributed by atoms with Gasteiger partial charge in [0.15, 0.2) is 0 Å². The van der Waals surface area contributed by atoms with Crippen molar-refractivity contribution in [3.05, 3.63) is 0 Å². The number of carboxylic acid groups (broad SMARTS) is 2. The predicted octanol–water partition coefficient (Wildman–Crippen LogP) is 1.05. The molecule has 4 N–H and O–H groups in total. The first-order chi connectivity index (χ1) is 11.4. The topological polar surface area (TPSA) is 139 Å². The Balaban J connectivity index is 0.000000450. The van der Waals surface area contributed by atoms with Gasteiger partial charge in [0, 0.05) is 25.7 Å². The number of hydrogen-bond acceptors (Lipinski definition) is 6. The van der Waals surface area contributed by atoms with Crippen LogP contribution in [0.15, 0.2) is 0 Å². The Morgan fingerprint density at radius 2 is 1.68 bits per heavy atom. The van der Waals surface area contributed by atoms with E-state index in [0.29, 0.717) is 13.1 Å². The zero-order chi connectivity index (χ0) is 19.3. The van der Waals surface area contributed by atoms with Crippen LogP contribution in [0.2, 0.25) is 0 Å². The summed E-state index contributed by atoms with van der Waals surface area (Å²) in [7, 11) is 0. The van der Waals surface area contributed by atoms with Gasteiger partial charge >= 0.3 is 18.0 Å². The van der Waals surface area contributed by atoms with Crippen molar-refractivity contribution in [1.82, 2.24) is 4.90 Å². The van der Waals surface area contributed by atoms with Crippen LogP contribution in [-0.4, -0.2) is 70.1 Å². The van der Waals surface area contributed by atoms with Crippen LogP contribution in [0.3, 0.4) is 0 Å². The second kappa shape index (κ2) is 8.48. The Morgan fingerprint density at radius 1 is 1.16 bits per heavy atom. The molecule has 0 aromatic carbocycles. The third-order valence-corrected chi connectivity index (χ3v) is 4.04. The molecule has 0 aliphatic carbocycles. The molecule has 2 rings (SSSR count). The molecule has 0 aromatic rings. The Bertz CT molecular complexity index is 481. The fourth-order valence-electron chi connectivity index (χ4n) is 2.84. The molecular formula is C16H28N2O7. The fraction of sp³-hybridized carbons (Fsp3) is 0.812. The van der Waals surface area contributed by atoms with Crippen LogP contribution < -0.4 is 5.73 Å². The van der Waals surface area contributed by atoms with Crippen molar-refractivity contribution in [3.63, 3.8) is 0 Å². The number of rotatable bonds is 0. The molecule has 2 heterocycles. The highest BCUT2D eigenvalue weighted by Crippen LogP contribution is 2.34. The van der Waals surface area contributed by atoms with E-state index in [1.807, 2.05) is 20.8 Å². The molecule has 2 fully saturated rings. The standard InChI is InChI=1S/C14H26N2O3.C2H2O4/c1-13(2,3)19-12(17)16-7-5-14(6-8-16)10-11(15)4-9-18-14;3-1(4)2(5)6/h11H,4-10,15H2,1-3H3;(H,3,4)(H,5,6). The van der Waals surface area contributed by atoms with E-state index in [-0.39, 0.29) is 17.7 Å². The molecule has 0 saturated carbocycles. The van der Waals surface area contributed by atoms with Crippen molar-refractivity contribution >= 4 is 18.0 Å². The zero-order valence-corrected chi connectivity index (χ0v) is 15.0. The number of ether oxygens (including phenoxy) is 2. The summed E-state index contributed by atoms with van der Waals surface area (Å²) < 4.78 is 11.3.